The molecule has 134 valence electrons. The minimum atomic E-state index is -0.475. The molecule has 0 aliphatic carbocycles. The summed E-state index contributed by atoms with van der Waals surface area (Å²) >= 11 is 0. The van der Waals surface area contributed by atoms with Gasteiger partial charge in [0.15, 0.2) is 0 Å². The zero-order valence-corrected chi connectivity index (χ0v) is 14.8. The molecule has 0 saturated carbocycles. The Morgan fingerprint density at radius 2 is 1.87 bits per heavy atom. The molecule has 2 aliphatic heterocycles. The van der Waals surface area contributed by atoms with E-state index in [1.54, 1.807) is 0 Å². The zero-order valence-electron chi connectivity index (χ0n) is 14.8. The summed E-state index contributed by atoms with van der Waals surface area (Å²) in [5.74, 6) is 0. The molecule has 23 heavy (non-hydrogen) atoms. The van der Waals surface area contributed by atoms with Crippen molar-refractivity contribution in [2.24, 2.45) is 0 Å². The molecule has 0 aromatic carbocycles. The lowest BCUT2D eigenvalue weighted by Crippen LogP contribution is -2.54. The van der Waals surface area contributed by atoms with E-state index in [4.69, 9.17) is 14.2 Å². The molecule has 2 aliphatic rings. The molecule has 2 atom stereocenters. The van der Waals surface area contributed by atoms with Crippen LogP contribution in [0, 0.1) is 0 Å². The average molecular weight is 329 g/mol. The number of hydrogen-bond acceptors (Lipinski definition) is 6. The van der Waals surface area contributed by atoms with Crippen molar-refractivity contribution in [2.75, 3.05) is 46.1 Å². The van der Waals surface area contributed by atoms with Crippen molar-refractivity contribution in [3.8, 4) is 0 Å². The summed E-state index contributed by atoms with van der Waals surface area (Å²) in [6.45, 7) is 12.8. The summed E-state index contributed by atoms with van der Waals surface area (Å²) in [4.78, 5) is 14.2. The Labute approximate surface area is 139 Å². The van der Waals surface area contributed by atoms with E-state index < -0.39 is 5.60 Å². The van der Waals surface area contributed by atoms with Crippen LogP contribution in [-0.4, -0.2) is 79.7 Å². The molecule has 1 N–H and O–H groups in total. The quantitative estimate of drug-likeness (QED) is 0.837. The molecule has 2 unspecified atom stereocenters. The van der Waals surface area contributed by atoms with Gasteiger partial charge in [0.1, 0.15) is 5.60 Å². The lowest BCUT2D eigenvalue weighted by atomic mass is 10.1. The fourth-order valence-corrected chi connectivity index (χ4v) is 2.88. The predicted molar refractivity (Wildman–Crippen MR) is 87.2 cm³/mol. The number of morpholine rings is 2. The lowest BCUT2D eigenvalue weighted by Gasteiger charge is -2.38. The molecular formula is C16H31N3O4. The number of amides is 1. The van der Waals surface area contributed by atoms with Gasteiger partial charge in [-0.05, 0) is 34.1 Å². The normalized spacial score (nSPS) is 25.2. The largest absolute Gasteiger partial charge is 0.444 e. The molecule has 2 rings (SSSR count). The zero-order chi connectivity index (χ0) is 16.9. The van der Waals surface area contributed by atoms with Gasteiger partial charge in [-0.2, -0.15) is 0 Å². The highest BCUT2D eigenvalue weighted by Gasteiger charge is 2.32. The number of hydrazine groups is 1. The maximum absolute atomic E-state index is 12.4. The summed E-state index contributed by atoms with van der Waals surface area (Å²) in [5.41, 5.74) is 3.02. The van der Waals surface area contributed by atoms with E-state index in [1.807, 2.05) is 25.7 Å². The number of carbonyl (C=O) groups is 1. The molecule has 1 amide bonds. The average Bonchev–Trinajstić information content (AvgIpc) is 2.47. The Kier molecular flexibility index (Phi) is 6.64. The van der Waals surface area contributed by atoms with Crippen molar-refractivity contribution in [3.05, 3.63) is 0 Å². The van der Waals surface area contributed by atoms with E-state index in [1.165, 1.54) is 0 Å². The number of nitrogens with one attached hydrogen (secondary N) is 1. The van der Waals surface area contributed by atoms with E-state index in [2.05, 4.69) is 17.4 Å². The molecule has 2 heterocycles. The third kappa shape index (κ3) is 6.25. The molecular weight excluding hydrogens is 298 g/mol. The molecule has 2 saturated heterocycles. The second-order valence-electron chi connectivity index (χ2n) is 7.27. The van der Waals surface area contributed by atoms with E-state index in [0.29, 0.717) is 19.8 Å². The van der Waals surface area contributed by atoms with Crippen LogP contribution in [0.5, 0.6) is 0 Å². The van der Waals surface area contributed by atoms with Crippen molar-refractivity contribution in [2.45, 2.75) is 51.8 Å². The highest BCUT2D eigenvalue weighted by Crippen LogP contribution is 2.17. The lowest BCUT2D eigenvalue weighted by molar-refractivity contribution is -0.0402. The molecule has 7 nitrogen and oxygen atoms in total. The van der Waals surface area contributed by atoms with Crippen LogP contribution in [0.2, 0.25) is 0 Å². The minimum absolute atomic E-state index is 0.0436. The van der Waals surface area contributed by atoms with Gasteiger partial charge in [-0.1, -0.05) is 0 Å². The van der Waals surface area contributed by atoms with Gasteiger partial charge in [0.2, 0.25) is 0 Å². The first-order valence-electron chi connectivity index (χ1n) is 8.51. The van der Waals surface area contributed by atoms with Crippen LogP contribution in [0.3, 0.4) is 0 Å². The second-order valence-corrected chi connectivity index (χ2v) is 7.27. The van der Waals surface area contributed by atoms with Crippen molar-refractivity contribution in [3.63, 3.8) is 0 Å². The van der Waals surface area contributed by atoms with Gasteiger partial charge in [0, 0.05) is 25.7 Å². The monoisotopic (exact) mass is 329 g/mol. The number of carbonyl (C=O) groups excluding carboxylic acids is 1. The van der Waals surface area contributed by atoms with Crippen molar-refractivity contribution >= 4 is 6.09 Å². The van der Waals surface area contributed by atoms with Crippen molar-refractivity contribution in [1.29, 1.82) is 0 Å². The summed E-state index contributed by atoms with van der Waals surface area (Å²) < 4.78 is 16.5. The molecule has 7 heteroatoms. The standard InChI is InChI=1S/C16H31N3O4/c1-13(17-18-5-8-21-9-6-18)11-14-12-22-10-7-19(14)15(20)23-16(2,3)4/h13-14,17H,5-12H2,1-4H3. The first-order chi connectivity index (χ1) is 10.8. The van der Waals surface area contributed by atoms with Gasteiger partial charge < -0.3 is 19.1 Å². The van der Waals surface area contributed by atoms with Gasteiger partial charge in [0.05, 0.1) is 32.5 Å². The van der Waals surface area contributed by atoms with Gasteiger partial charge in [0.25, 0.3) is 0 Å². The maximum Gasteiger partial charge on any atom is 0.410 e. The summed E-state index contributed by atoms with van der Waals surface area (Å²) in [6.07, 6.45) is 0.584. The Hall–Kier alpha value is -0.890. The molecule has 0 aromatic rings. The fourth-order valence-electron chi connectivity index (χ4n) is 2.88. The van der Waals surface area contributed by atoms with Crippen LogP contribution in [0.1, 0.15) is 34.1 Å². The predicted octanol–water partition coefficient (Wildman–Crippen LogP) is 1.24. The maximum atomic E-state index is 12.4. The van der Waals surface area contributed by atoms with Gasteiger partial charge in [-0.3, -0.25) is 5.43 Å². The fraction of sp³-hybridized carbons (Fsp3) is 0.938. The van der Waals surface area contributed by atoms with Crippen LogP contribution in [-0.2, 0) is 14.2 Å². The number of ether oxygens (including phenoxy) is 3. The summed E-state index contributed by atoms with van der Waals surface area (Å²) in [7, 11) is 0. The van der Waals surface area contributed by atoms with Crippen LogP contribution < -0.4 is 5.43 Å². The molecule has 0 radical (unpaired) electrons. The Balaban J connectivity index is 1.85. The second kappa shape index (κ2) is 8.28. The van der Waals surface area contributed by atoms with Gasteiger partial charge >= 0.3 is 6.09 Å². The topological polar surface area (TPSA) is 63.3 Å². The minimum Gasteiger partial charge on any atom is -0.444 e. The third-order valence-corrected chi connectivity index (χ3v) is 3.90. The molecule has 0 aromatic heterocycles. The Morgan fingerprint density at radius 3 is 2.52 bits per heavy atom. The van der Waals surface area contributed by atoms with Crippen LogP contribution in [0.4, 0.5) is 4.79 Å². The molecule has 0 bridgehead atoms. The highest BCUT2D eigenvalue weighted by molar-refractivity contribution is 5.68. The SMILES string of the molecule is CC(CC1COCCN1C(=O)OC(C)(C)C)NN1CCOCC1. The Morgan fingerprint density at radius 1 is 1.22 bits per heavy atom. The van der Waals surface area contributed by atoms with E-state index in [9.17, 15) is 4.79 Å². The number of nitrogens with zero attached hydrogens (tertiary/aromatic N) is 2. The summed E-state index contributed by atoms with van der Waals surface area (Å²) in [5, 5.41) is 2.19. The van der Waals surface area contributed by atoms with Crippen molar-refractivity contribution < 1.29 is 19.0 Å². The van der Waals surface area contributed by atoms with Crippen LogP contribution in [0.15, 0.2) is 0 Å². The Bertz CT molecular complexity index is 380. The number of rotatable bonds is 4. The third-order valence-electron chi connectivity index (χ3n) is 3.90. The van der Waals surface area contributed by atoms with E-state index >= 15 is 0 Å². The number of hydrogen-bond donors (Lipinski definition) is 1. The first-order valence-corrected chi connectivity index (χ1v) is 8.51. The molecule has 2 fully saturated rings. The summed E-state index contributed by atoms with van der Waals surface area (Å²) in [6, 6.07) is 0.298. The molecule has 0 spiro atoms. The first kappa shape index (κ1) is 18.4. The van der Waals surface area contributed by atoms with E-state index in [-0.39, 0.29) is 18.2 Å². The van der Waals surface area contributed by atoms with Crippen LogP contribution >= 0.6 is 0 Å². The van der Waals surface area contributed by atoms with Crippen molar-refractivity contribution in [1.82, 2.24) is 15.3 Å². The highest BCUT2D eigenvalue weighted by atomic mass is 16.6. The smallest absolute Gasteiger partial charge is 0.410 e. The van der Waals surface area contributed by atoms with E-state index in [0.717, 1.165) is 32.7 Å². The van der Waals surface area contributed by atoms with Gasteiger partial charge in [-0.15, -0.1) is 0 Å². The van der Waals surface area contributed by atoms with Gasteiger partial charge in [-0.25, -0.2) is 9.80 Å². The van der Waals surface area contributed by atoms with Crippen LogP contribution in [0.25, 0.3) is 0 Å².